The number of nitrogens with one attached hydrogen (secondary N) is 1. The van der Waals surface area contributed by atoms with Crippen LogP contribution in [0, 0.1) is 0 Å². The van der Waals surface area contributed by atoms with Crippen molar-refractivity contribution in [3.63, 3.8) is 0 Å². The molecule has 0 saturated carbocycles. The highest BCUT2D eigenvalue weighted by atomic mass is 35.5. The number of hydrogen-bond acceptors (Lipinski definition) is 4. The first-order valence-corrected chi connectivity index (χ1v) is 7.85. The fourth-order valence-electron chi connectivity index (χ4n) is 3.00. The summed E-state index contributed by atoms with van der Waals surface area (Å²) in [6, 6.07) is 8.26. The van der Waals surface area contributed by atoms with Gasteiger partial charge in [0.2, 0.25) is 5.95 Å². The first-order valence-electron chi connectivity index (χ1n) is 7.47. The van der Waals surface area contributed by atoms with Gasteiger partial charge in [-0.15, -0.1) is 0 Å². The van der Waals surface area contributed by atoms with Gasteiger partial charge in [0.1, 0.15) is 5.69 Å². The van der Waals surface area contributed by atoms with Crippen LogP contribution in [-0.4, -0.2) is 34.5 Å². The zero-order valence-corrected chi connectivity index (χ0v) is 13.6. The molecule has 0 radical (unpaired) electrons. The molecule has 1 aromatic carbocycles. The number of likely N-dealkylation sites (N-methyl/N-ethyl adjacent to an activating group) is 1. The molecule has 1 saturated heterocycles. The number of likely N-dealkylation sites (tertiary alicyclic amines) is 1. The number of hydrogen-bond donors (Lipinski definition) is 1. The van der Waals surface area contributed by atoms with Crippen LogP contribution in [0.3, 0.4) is 0 Å². The van der Waals surface area contributed by atoms with Crippen molar-refractivity contribution in [3.05, 3.63) is 52.8 Å². The first-order chi connectivity index (χ1) is 11.3. The number of aromatic nitrogens is 2. The lowest BCUT2D eigenvalue weighted by Crippen LogP contribution is -2.30. The topological polar surface area (TPSA) is 41.0 Å². The number of halogens is 4. The molecule has 2 unspecified atom stereocenters. The number of anilines is 1. The molecule has 3 rings (SSSR count). The maximum Gasteiger partial charge on any atom is 0.433 e. The normalized spacial score (nSPS) is 21.9. The fraction of sp³-hybridized carbons (Fsp3) is 0.375. The van der Waals surface area contributed by atoms with Crippen LogP contribution in [0.1, 0.15) is 23.7 Å². The molecule has 24 heavy (non-hydrogen) atoms. The maximum atomic E-state index is 12.8. The van der Waals surface area contributed by atoms with Gasteiger partial charge < -0.3 is 5.32 Å². The Morgan fingerprint density at radius 2 is 1.92 bits per heavy atom. The number of nitrogens with zero attached hydrogens (tertiary/aromatic N) is 3. The van der Waals surface area contributed by atoms with Crippen molar-refractivity contribution >= 4 is 17.5 Å². The van der Waals surface area contributed by atoms with Crippen molar-refractivity contribution in [2.24, 2.45) is 0 Å². The predicted molar refractivity (Wildman–Crippen MR) is 85.9 cm³/mol. The van der Waals surface area contributed by atoms with E-state index in [1.165, 1.54) is 0 Å². The van der Waals surface area contributed by atoms with Crippen molar-refractivity contribution in [3.8, 4) is 0 Å². The SMILES string of the molecule is CN1CCC(Nc2nccc(C(F)(F)F)n2)C1c1ccc(Cl)cc1. The summed E-state index contributed by atoms with van der Waals surface area (Å²) in [5, 5.41) is 3.69. The third-order valence-corrected chi connectivity index (χ3v) is 4.37. The van der Waals surface area contributed by atoms with E-state index >= 15 is 0 Å². The standard InChI is InChI=1S/C16H16ClF3N4/c1-24-9-7-12(14(24)10-2-4-11(17)5-3-10)22-15-21-8-6-13(23-15)16(18,19)20/h2-6,8,12,14H,7,9H2,1H3,(H,21,22,23). The lowest BCUT2D eigenvalue weighted by atomic mass is 10.0. The zero-order valence-electron chi connectivity index (χ0n) is 12.9. The third-order valence-electron chi connectivity index (χ3n) is 4.12. The highest BCUT2D eigenvalue weighted by molar-refractivity contribution is 6.30. The van der Waals surface area contributed by atoms with Gasteiger partial charge in [0.25, 0.3) is 0 Å². The van der Waals surface area contributed by atoms with Crippen LogP contribution in [0.5, 0.6) is 0 Å². The maximum absolute atomic E-state index is 12.8. The molecule has 1 N–H and O–H groups in total. The van der Waals surface area contributed by atoms with Crippen LogP contribution in [0.4, 0.5) is 19.1 Å². The molecule has 0 amide bonds. The van der Waals surface area contributed by atoms with Crippen molar-refractivity contribution in [1.82, 2.24) is 14.9 Å². The van der Waals surface area contributed by atoms with Gasteiger partial charge in [0.05, 0.1) is 6.04 Å². The molecule has 2 atom stereocenters. The predicted octanol–water partition coefficient (Wildman–Crippen LogP) is 4.01. The van der Waals surface area contributed by atoms with Crippen LogP contribution in [0.25, 0.3) is 0 Å². The summed E-state index contributed by atoms with van der Waals surface area (Å²) in [6.45, 7) is 0.823. The van der Waals surface area contributed by atoms with E-state index in [1.54, 1.807) is 12.1 Å². The minimum Gasteiger partial charge on any atom is -0.350 e. The number of rotatable bonds is 3. The molecule has 8 heteroatoms. The van der Waals surface area contributed by atoms with Gasteiger partial charge in [-0.05, 0) is 37.2 Å². The quantitative estimate of drug-likeness (QED) is 0.902. The summed E-state index contributed by atoms with van der Waals surface area (Å²) in [5.74, 6) is -0.0101. The lowest BCUT2D eigenvalue weighted by molar-refractivity contribution is -0.141. The van der Waals surface area contributed by atoms with Crippen molar-refractivity contribution in [1.29, 1.82) is 0 Å². The Labute approximate surface area is 142 Å². The first kappa shape index (κ1) is 17.0. The molecule has 2 aromatic rings. The second-order valence-corrected chi connectivity index (χ2v) is 6.22. The van der Waals surface area contributed by atoms with E-state index in [0.717, 1.165) is 30.8 Å². The Morgan fingerprint density at radius 1 is 1.21 bits per heavy atom. The average Bonchev–Trinajstić information content (AvgIpc) is 2.88. The van der Waals surface area contributed by atoms with Gasteiger partial charge in [-0.25, -0.2) is 9.97 Å². The van der Waals surface area contributed by atoms with E-state index in [4.69, 9.17) is 11.6 Å². The Kier molecular flexibility index (Phi) is 4.64. The van der Waals surface area contributed by atoms with Crippen LogP contribution in [-0.2, 0) is 6.18 Å². The summed E-state index contributed by atoms with van der Waals surface area (Å²) in [5.41, 5.74) is 0.0956. The summed E-state index contributed by atoms with van der Waals surface area (Å²) in [7, 11) is 1.98. The van der Waals surface area contributed by atoms with Gasteiger partial charge in [-0.3, -0.25) is 4.90 Å². The fourth-order valence-corrected chi connectivity index (χ4v) is 3.12. The highest BCUT2D eigenvalue weighted by Crippen LogP contribution is 2.33. The molecular weight excluding hydrogens is 341 g/mol. The molecule has 0 bridgehead atoms. The van der Waals surface area contributed by atoms with Gasteiger partial charge >= 0.3 is 6.18 Å². The van der Waals surface area contributed by atoms with Gasteiger partial charge in [0.15, 0.2) is 0 Å². The van der Waals surface area contributed by atoms with Crippen LogP contribution < -0.4 is 5.32 Å². The number of benzene rings is 1. The molecule has 1 aliphatic rings. The monoisotopic (exact) mass is 356 g/mol. The molecular formula is C16H16ClF3N4. The lowest BCUT2D eigenvalue weighted by Gasteiger charge is -2.26. The third kappa shape index (κ3) is 3.62. The molecule has 0 spiro atoms. The van der Waals surface area contributed by atoms with Crippen LogP contribution >= 0.6 is 11.6 Å². The minimum absolute atomic E-state index is 0.0101. The summed E-state index contributed by atoms with van der Waals surface area (Å²) in [4.78, 5) is 9.66. The van der Waals surface area contributed by atoms with Crippen molar-refractivity contribution < 1.29 is 13.2 Å². The van der Waals surface area contributed by atoms with E-state index in [0.29, 0.717) is 5.02 Å². The summed E-state index contributed by atoms with van der Waals surface area (Å²) < 4.78 is 38.4. The summed E-state index contributed by atoms with van der Waals surface area (Å²) >= 11 is 5.93. The molecule has 2 heterocycles. The Morgan fingerprint density at radius 3 is 2.58 bits per heavy atom. The Balaban J connectivity index is 1.82. The van der Waals surface area contributed by atoms with Crippen molar-refractivity contribution in [2.75, 3.05) is 18.9 Å². The number of alkyl halides is 3. The van der Waals surface area contributed by atoms with Crippen molar-refractivity contribution in [2.45, 2.75) is 24.7 Å². The second-order valence-electron chi connectivity index (χ2n) is 5.78. The van der Waals surface area contributed by atoms with Gasteiger partial charge in [-0.1, -0.05) is 23.7 Å². The van der Waals surface area contributed by atoms with E-state index in [-0.39, 0.29) is 18.0 Å². The second kappa shape index (κ2) is 6.57. The minimum atomic E-state index is -4.48. The van der Waals surface area contributed by atoms with Gasteiger partial charge in [-0.2, -0.15) is 13.2 Å². The Hall–Kier alpha value is -1.86. The van der Waals surface area contributed by atoms with E-state index in [2.05, 4.69) is 20.2 Å². The Bertz CT molecular complexity index is 705. The molecule has 128 valence electrons. The smallest absolute Gasteiger partial charge is 0.350 e. The van der Waals surface area contributed by atoms with Crippen LogP contribution in [0.15, 0.2) is 36.5 Å². The van der Waals surface area contributed by atoms with E-state index in [1.807, 2.05) is 19.2 Å². The molecule has 0 aliphatic carbocycles. The largest absolute Gasteiger partial charge is 0.433 e. The van der Waals surface area contributed by atoms with Gasteiger partial charge in [0, 0.05) is 23.8 Å². The molecule has 4 nitrogen and oxygen atoms in total. The van der Waals surface area contributed by atoms with E-state index < -0.39 is 11.9 Å². The zero-order chi connectivity index (χ0) is 17.3. The average molecular weight is 357 g/mol. The molecule has 1 fully saturated rings. The molecule has 1 aliphatic heterocycles. The van der Waals surface area contributed by atoms with E-state index in [9.17, 15) is 13.2 Å². The highest BCUT2D eigenvalue weighted by Gasteiger charge is 2.35. The van der Waals surface area contributed by atoms with Crippen LogP contribution in [0.2, 0.25) is 5.02 Å². The molecule has 1 aromatic heterocycles. The summed E-state index contributed by atoms with van der Waals surface area (Å²) in [6.07, 6.45) is -2.58.